The molecule has 0 radical (unpaired) electrons. The van der Waals surface area contributed by atoms with E-state index < -0.39 is 0 Å². The lowest BCUT2D eigenvalue weighted by atomic mass is 10.1. The van der Waals surface area contributed by atoms with E-state index in [4.69, 9.17) is 9.47 Å². The number of methoxy groups -OCH3 is 2. The summed E-state index contributed by atoms with van der Waals surface area (Å²) in [6.07, 6.45) is 3.64. The summed E-state index contributed by atoms with van der Waals surface area (Å²) in [6, 6.07) is 3.19. The molecule has 1 saturated heterocycles. The Morgan fingerprint density at radius 2 is 1.75 bits per heavy atom. The number of nitrogens with zero attached hydrogens (tertiary/aromatic N) is 1. The Morgan fingerprint density at radius 3 is 2.30 bits per heavy atom. The number of benzene rings is 1. The summed E-state index contributed by atoms with van der Waals surface area (Å²) < 4.78 is 10.4. The van der Waals surface area contributed by atoms with Gasteiger partial charge in [-0.25, -0.2) is 0 Å². The molecule has 20 heavy (non-hydrogen) atoms. The van der Waals surface area contributed by atoms with Crippen LogP contribution in [0.3, 0.4) is 0 Å². The summed E-state index contributed by atoms with van der Waals surface area (Å²) in [6.45, 7) is 2.81. The first kappa shape index (κ1) is 14.6. The van der Waals surface area contributed by atoms with Crippen molar-refractivity contribution < 1.29 is 19.3 Å². The highest BCUT2D eigenvalue weighted by molar-refractivity contribution is 5.54. The maximum atomic E-state index is 11.2. The fourth-order valence-electron chi connectivity index (χ4n) is 2.72. The quantitative estimate of drug-likeness (QED) is 0.650. The molecule has 2 rings (SSSR count). The van der Waals surface area contributed by atoms with Gasteiger partial charge in [0, 0.05) is 0 Å². The van der Waals surface area contributed by atoms with E-state index in [1.807, 2.05) is 0 Å². The molecule has 1 heterocycles. The van der Waals surface area contributed by atoms with Crippen LogP contribution in [0.4, 0.5) is 5.69 Å². The first-order chi connectivity index (χ1) is 9.65. The Labute approximate surface area is 118 Å². The molecule has 1 fully saturated rings. The average molecular weight is 281 g/mol. The van der Waals surface area contributed by atoms with Crippen LogP contribution in [0.15, 0.2) is 12.1 Å². The van der Waals surface area contributed by atoms with Crippen LogP contribution in [-0.4, -0.2) is 32.2 Å². The Bertz CT molecular complexity index is 484. The zero-order valence-corrected chi connectivity index (χ0v) is 12.0. The van der Waals surface area contributed by atoms with Crippen LogP contribution in [0.1, 0.15) is 24.8 Å². The van der Waals surface area contributed by atoms with Crippen molar-refractivity contribution in [1.82, 2.24) is 0 Å². The van der Waals surface area contributed by atoms with Crippen molar-refractivity contribution in [3.63, 3.8) is 0 Å². The fourth-order valence-corrected chi connectivity index (χ4v) is 2.72. The number of ether oxygens (including phenoxy) is 2. The maximum Gasteiger partial charge on any atom is 0.282 e. The third-order valence-corrected chi connectivity index (χ3v) is 3.78. The summed E-state index contributed by atoms with van der Waals surface area (Å²) in [7, 11) is 3.03. The molecule has 1 aliphatic heterocycles. The van der Waals surface area contributed by atoms with Crippen LogP contribution in [-0.2, 0) is 6.54 Å². The lowest BCUT2D eigenvalue weighted by Gasteiger charge is -2.23. The Kier molecular flexibility index (Phi) is 4.79. The van der Waals surface area contributed by atoms with Crippen LogP contribution in [0.2, 0.25) is 0 Å². The number of hydrogen-bond donors (Lipinski definition) is 1. The van der Waals surface area contributed by atoms with E-state index in [0.29, 0.717) is 23.6 Å². The molecule has 0 unspecified atom stereocenters. The SMILES string of the molecule is COc1cc(C[NH+]2CCCCC2)c([N+](=O)[O-])cc1OC. The van der Waals surface area contributed by atoms with E-state index >= 15 is 0 Å². The highest BCUT2D eigenvalue weighted by Gasteiger charge is 2.24. The summed E-state index contributed by atoms with van der Waals surface area (Å²) in [5.41, 5.74) is 0.824. The molecule has 1 aromatic carbocycles. The van der Waals surface area contributed by atoms with E-state index in [-0.39, 0.29) is 10.6 Å². The molecule has 1 N–H and O–H groups in total. The topological polar surface area (TPSA) is 66.0 Å². The minimum absolute atomic E-state index is 0.112. The van der Waals surface area contributed by atoms with E-state index in [9.17, 15) is 10.1 Å². The van der Waals surface area contributed by atoms with Crippen molar-refractivity contribution in [3.05, 3.63) is 27.8 Å². The molecular weight excluding hydrogens is 260 g/mol. The predicted molar refractivity (Wildman–Crippen MR) is 74.5 cm³/mol. The molecule has 0 aromatic heterocycles. The number of likely N-dealkylation sites (tertiary alicyclic amines) is 1. The van der Waals surface area contributed by atoms with E-state index in [1.54, 1.807) is 13.2 Å². The van der Waals surface area contributed by atoms with Gasteiger partial charge in [0.05, 0.1) is 43.9 Å². The van der Waals surface area contributed by atoms with Crippen molar-refractivity contribution in [2.45, 2.75) is 25.8 Å². The number of quaternary nitrogens is 1. The van der Waals surface area contributed by atoms with Crippen LogP contribution >= 0.6 is 0 Å². The molecule has 0 aliphatic carbocycles. The smallest absolute Gasteiger partial charge is 0.282 e. The Morgan fingerprint density at radius 1 is 1.15 bits per heavy atom. The number of piperidine rings is 1. The van der Waals surface area contributed by atoms with E-state index in [2.05, 4.69) is 0 Å². The van der Waals surface area contributed by atoms with Crippen LogP contribution in [0.25, 0.3) is 0 Å². The molecule has 0 amide bonds. The fraction of sp³-hybridized carbons (Fsp3) is 0.571. The largest absolute Gasteiger partial charge is 0.493 e. The zero-order valence-electron chi connectivity index (χ0n) is 12.0. The number of hydrogen-bond acceptors (Lipinski definition) is 4. The molecule has 1 aliphatic rings. The molecule has 0 atom stereocenters. The van der Waals surface area contributed by atoms with Crippen molar-refractivity contribution in [2.24, 2.45) is 0 Å². The minimum atomic E-state index is -0.347. The van der Waals surface area contributed by atoms with Crippen LogP contribution in [0.5, 0.6) is 11.5 Å². The van der Waals surface area contributed by atoms with Crippen LogP contribution in [0, 0.1) is 10.1 Å². The summed E-state index contributed by atoms with van der Waals surface area (Å²) in [5, 5.41) is 11.2. The van der Waals surface area contributed by atoms with Crippen molar-refractivity contribution >= 4 is 5.69 Å². The highest BCUT2D eigenvalue weighted by atomic mass is 16.6. The Balaban J connectivity index is 2.30. The van der Waals surface area contributed by atoms with E-state index in [1.165, 1.54) is 37.3 Å². The second-order valence-electron chi connectivity index (χ2n) is 5.08. The van der Waals surface area contributed by atoms with Crippen LogP contribution < -0.4 is 14.4 Å². The van der Waals surface area contributed by atoms with Gasteiger partial charge in [-0.05, 0) is 25.3 Å². The van der Waals surface area contributed by atoms with Crippen molar-refractivity contribution in [3.8, 4) is 11.5 Å². The predicted octanol–water partition coefficient (Wildman–Crippen LogP) is 1.18. The van der Waals surface area contributed by atoms with Gasteiger partial charge in [0.15, 0.2) is 11.5 Å². The van der Waals surface area contributed by atoms with Crippen molar-refractivity contribution in [1.29, 1.82) is 0 Å². The van der Waals surface area contributed by atoms with Gasteiger partial charge in [-0.15, -0.1) is 0 Å². The van der Waals surface area contributed by atoms with Gasteiger partial charge < -0.3 is 14.4 Å². The van der Waals surface area contributed by atoms with Gasteiger partial charge in [0.25, 0.3) is 5.69 Å². The van der Waals surface area contributed by atoms with Gasteiger partial charge in [-0.3, -0.25) is 10.1 Å². The third kappa shape index (κ3) is 3.19. The molecule has 6 heteroatoms. The second kappa shape index (κ2) is 6.56. The molecule has 0 spiro atoms. The first-order valence-corrected chi connectivity index (χ1v) is 6.88. The molecule has 0 saturated carbocycles. The van der Waals surface area contributed by atoms with Gasteiger partial charge in [0.2, 0.25) is 0 Å². The first-order valence-electron chi connectivity index (χ1n) is 6.88. The lowest BCUT2D eigenvalue weighted by molar-refractivity contribution is -0.918. The summed E-state index contributed by atoms with van der Waals surface area (Å²) in [4.78, 5) is 12.3. The third-order valence-electron chi connectivity index (χ3n) is 3.78. The minimum Gasteiger partial charge on any atom is -0.493 e. The molecular formula is C14H21N2O4+. The van der Waals surface area contributed by atoms with Crippen molar-refractivity contribution in [2.75, 3.05) is 27.3 Å². The monoisotopic (exact) mass is 281 g/mol. The van der Waals surface area contributed by atoms with Gasteiger partial charge in [0.1, 0.15) is 6.54 Å². The van der Waals surface area contributed by atoms with Gasteiger partial charge in [-0.2, -0.15) is 0 Å². The normalized spacial score (nSPS) is 15.9. The Hall–Kier alpha value is -1.82. The summed E-state index contributed by atoms with van der Waals surface area (Å²) >= 11 is 0. The molecule has 6 nitrogen and oxygen atoms in total. The molecule has 110 valence electrons. The molecule has 1 aromatic rings. The van der Waals surface area contributed by atoms with Gasteiger partial charge in [-0.1, -0.05) is 0 Å². The lowest BCUT2D eigenvalue weighted by Crippen LogP contribution is -3.11. The average Bonchev–Trinajstić information content (AvgIpc) is 2.47. The number of rotatable bonds is 5. The number of nitrogens with one attached hydrogen (secondary N) is 1. The summed E-state index contributed by atoms with van der Waals surface area (Å²) in [5.74, 6) is 0.945. The number of nitro groups is 1. The number of nitro benzene ring substituents is 1. The standard InChI is InChI=1S/C14H20N2O4/c1-19-13-8-11(10-15-6-4-3-5-7-15)12(16(17)18)9-14(13)20-2/h8-9H,3-7,10H2,1-2H3/p+1. The van der Waals surface area contributed by atoms with E-state index in [0.717, 1.165) is 13.1 Å². The second-order valence-corrected chi connectivity index (χ2v) is 5.08. The zero-order chi connectivity index (χ0) is 14.5. The maximum absolute atomic E-state index is 11.2. The van der Waals surface area contributed by atoms with Gasteiger partial charge >= 0.3 is 0 Å². The molecule has 0 bridgehead atoms. The highest BCUT2D eigenvalue weighted by Crippen LogP contribution is 2.34.